The van der Waals surface area contributed by atoms with Crippen LogP contribution in [-0.4, -0.2) is 61.9 Å². The number of aliphatic imine (C=N–C) groups is 1. The monoisotopic (exact) mass is 522 g/mol. The standard InChI is InChI=1S/C25H43FN8O3/c26-19-11-9-18(10-12-19)17-22(35)33-21(8-2-4-14-28)24(37)34-20(7-1-3-13-27)23(36)31-15-5-6-16-32-25(29)30/h9-12,20-21H,1-8,13-17,27-28H2,(H,31,36)(H,33,35)(H,34,37)(H4,29,30,32)/t20-,21-/m0/s1. The van der Waals surface area contributed by atoms with E-state index >= 15 is 0 Å². The van der Waals surface area contributed by atoms with Gasteiger partial charge in [-0.2, -0.15) is 0 Å². The van der Waals surface area contributed by atoms with E-state index in [1.165, 1.54) is 24.3 Å². The third-order valence-corrected chi connectivity index (χ3v) is 5.63. The first-order valence-corrected chi connectivity index (χ1v) is 12.8. The molecule has 208 valence electrons. The number of unbranched alkanes of at least 4 members (excludes halogenated alkanes) is 3. The van der Waals surface area contributed by atoms with Crippen LogP contribution in [0.4, 0.5) is 4.39 Å². The molecule has 0 aliphatic rings. The number of rotatable bonds is 19. The average molecular weight is 523 g/mol. The van der Waals surface area contributed by atoms with Gasteiger partial charge in [0.2, 0.25) is 17.7 Å². The van der Waals surface area contributed by atoms with Crippen molar-refractivity contribution in [2.45, 2.75) is 69.9 Å². The topological polar surface area (TPSA) is 204 Å². The van der Waals surface area contributed by atoms with Crippen LogP contribution >= 0.6 is 0 Å². The third kappa shape index (κ3) is 14.8. The first-order valence-electron chi connectivity index (χ1n) is 12.8. The zero-order chi connectivity index (χ0) is 27.5. The fraction of sp³-hybridized carbons (Fsp3) is 0.600. The van der Waals surface area contributed by atoms with Crippen molar-refractivity contribution in [3.63, 3.8) is 0 Å². The van der Waals surface area contributed by atoms with E-state index in [-0.39, 0.29) is 24.2 Å². The zero-order valence-electron chi connectivity index (χ0n) is 21.5. The van der Waals surface area contributed by atoms with Gasteiger partial charge in [-0.15, -0.1) is 0 Å². The van der Waals surface area contributed by atoms with Crippen molar-refractivity contribution in [3.8, 4) is 0 Å². The summed E-state index contributed by atoms with van der Waals surface area (Å²) in [6, 6.07) is 4.01. The summed E-state index contributed by atoms with van der Waals surface area (Å²) in [6.07, 6.45) is 4.87. The molecule has 37 heavy (non-hydrogen) atoms. The van der Waals surface area contributed by atoms with Gasteiger partial charge in [0, 0.05) is 13.1 Å². The Bertz CT molecular complexity index is 847. The van der Waals surface area contributed by atoms with Gasteiger partial charge < -0.3 is 38.9 Å². The van der Waals surface area contributed by atoms with Gasteiger partial charge in [-0.3, -0.25) is 19.4 Å². The minimum Gasteiger partial charge on any atom is -0.370 e. The second-order valence-corrected chi connectivity index (χ2v) is 8.86. The first kappa shape index (κ1) is 31.8. The number of hydrogen-bond donors (Lipinski definition) is 7. The van der Waals surface area contributed by atoms with Gasteiger partial charge in [0.25, 0.3) is 0 Å². The Balaban J connectivity index is 2.76. The Morgan fingerprint density at radius 2 is 1.41 bits per heavy atom. The lowest BCUT2D eigenvalue weighted by atomic mass is 10.0. The second-order valence-electron chi connectivity index (χ2n) is 8.86. The lowest BCUT2D eigenvalue weighted by molar-refractivity contribution is -0.132. The van der Waals surface area contributed by atoms with Crippen LogP contribution in [0.25, 0.3) is 0 Å². The van der Waals surface area contributed by atoms with Crippen molar-refractivity contribution in [2.24, 2.45) is 27.9 Å². The maximum atomic E-state index is 13.2. The molecule has 0 aromatic heterocycles. The lowest BCUT2D eigenvalue weighted by Gasteiger charge is -2.23. The van der Waals surface area contributed by atoms with Crippen LogP contribution in [-0.2, 0) is 20.8 Å². The number of benzene rings is 1. The predicted molar refractivity (Wildman–Crippen MR) is 143 cm³/mol. The molecule has 0 unspecified atom stereocenters. The second kappa shape index (κ2) is 18.9. The molecule has 0 saturated carbocycles. The molecule has 2 atom stereocenters. The molecule has 0 spiro atoms. The summed E-state index contributed by atoms with van der Waals surface area (Å²) >= 11 is 0. The molecule has 1 aromatic carbocycles. The smallest absolute Gasteiger partial charge is 0.243 e. The molecule has 0 fully saturated rings. The quantitative estimate of drug-likeness (QED) is 0.0737. The van der Waals surface area contributed by atoms with Crippen molar-refractivity contribution < 1.29 is 18.8 Å². The van der Waals surface area contributed by atoms with Gasteiger partial charge >= 0.3 is 0 Å². The maximum Gasteiger partial charge on any atom is 0.243 e. The molecule has 0 saturated heterocycles. The highest BCUT2D eigenvalue weighted by molar-refractivity contribution is 5.92. The Morgan fingerprint density at radius 3 is 1.97 bits per heavy atom. The van der Waals surface area contributed by atoms with E-state index in [4.69, 9.17) is 22.9 Å². The van der Waals surface area contributed by atoms with Gasteiger partial charge in [0.1, 0.15) is 17.9 Å². The van der Waals surface area contributed by atoms with Crippen LogP contribution in [0.3, 0.4) is 0 Å². The van der Waals surface area contributed by atoms with E-state index in [1.807, 2.05) is 0 Å². The van der Waals surface area contributed by atoms with Crippen molar-refractivity contribution in [2.75, 3.05) is 26.2 Å². The SMILES string of the molecule is NCCCC[C@H](NC(=O)Cc1ccc(F)cc1)C(=O)N[C@@H](CCCCN)C(=O)NCCCCN=C(N)N. The molecule has 0 radical (unpaired) electrons. The fourth-order valence-corrected chi connectivity index (χ4v) is 3.61. The minimum atomic E-state index is -0.830. The number of carbonyl (C=O) groups excluding carboxylic acids is 3. The molecule has 0 aliphatic carbocycles. The van der Waals surface area contributed by atoms with Crippen LogP contribution in [0, 0.1) is 5.82 Å². The molecular weight excluding hydrogens is 479 g/mol. The van der Waals surface area contributed by atoms with Gasteiger partial charge in [0.05, 0.1) is 6.42 Å². The molecular formula is C25H43FN8O3. The van der Waals surface area contributed by atoms with Crippen molar-refractivity contribution in [3.05, 3.63) is 35.6 Å². The molecule has 11 N–H and O–H groups in total. The highest BCUT2D eigenvalue weighted by Crippen LogP contribution is 2.08. The van der Waals surface area contributed by atoms with Crippen molar-refractivity contribution in [1.82, 2.24) is 16.0 Å². The summed E-state index contributed by atoms with van der Waals surface area (Å²) in [7, 11) is 0. The normalized spacial score (nSPS) is 12.3. The summed E-state index contributed by atoms with van der Waals surface area (Å²) in [5.74, 6) is -1.48. The lowest BCUT2D eigenvalue weighted by Crippen LogP contribution is -2.54. The molecule has 0 aliphatic heterocycles. The molecule has 11 nitrogen and oxygen atoms in total. The summed E-state index contributed by atoms with van der Waals surface area (Å²) in [6.45, 7) is 1.83. The predicted octanol–water partition coefficient (Wildman–Crippen LogP) is -0.234. The number of hydrogen-bond acceptors (Lipinski definition) is 6. The molecule has 3 amide bonds. The van der Waals surface area contributed by atoms with E-state index in [2.05, 4.69) is 20.9 Å². The summed E-state index contributed by atoms with van der Waals surface area (Å²) in [5.41, 5.74) is 22.4. The average Bonchev–Trinajstić information content (AvgIpc) is 2.86. The minimum absolute atomic E-state index is 0.00121. The van der Waals surface area contributed by atoms with Crippen LogP contribution in [0.2, 0.25) is 0 Å². The Hall–Kier alpha value is -3.25. The first-order chi connectivity index (χ1) is 17.8. The molecule has 0 bridgehead atoms. The van der Waals surface area contributed by atoms with E-state index in [0.717, 1.165) is 0 Å². The largest absolute Gasteiger partial charge is 0.370 e. The number of halogens is 1. The van der Waals surface area contributed by atoms with Crippen molar-refractivity contribution >= 4 is 23.7 Å². The van der Waals surface area contributed by atoms with Gasteiger partial charge in [0.15, 0.2) is 5.96 Å². The Morgan fingerprint density at radius 1 is 0.811 bits per heavy atom. The van der Waals surface area contributed by atoms with Crippen LogP contribution in [0.15, 0.2) is 29.3 Å². The summed E-state index contributed by atoms with van der Waals surface area (Å²) in [4.78, 5) is 42.5. The molecule has 1 rings (SSSR count). The number of nitrogens with two attached hydrogens (primary N) is 4. The number of guanidine groups is 1. The van der Waals surface area contributed by atoms with Gasteiger partial charge in [-0.1, -0.05) is 12.1 Å². The highest BCUT2D eigenvalue weighted by atomic mass is 19.1. The van der Waals surface area contributed by atoms with Gasteiger partial charge in [-0.25, -0.2) is 4.39 Å². The van der Waals surface area contributed by atoms with E-state index in [1.54, 1.807) is 0 Å². The maximum absolute atomic E-state index is 13.2. The van der Waals surface area contributed by atoms with Crippen LogP contribution in [0.5, 0.6) is 0 Å². The number of nitrogens with one attached hydrogen (secondary N) is 3. The number of carbonyl (C=O) groups is 3. The number of nitrogens with zero attached hydrogens (tertiary/aromatic N) is 1. The van der Waals surface area contributed by atoms with E-state index < -0.39 is 23.8 Å². The van der Waals surface area contributed by atoms with Crippen molar-refractivity contribution in [1.29, 1.82) is 0 Å². The van der Waals surface area contributed by atoms with Crippen LogP contribution < -0.4 is 38.9 Å². The summed E-state index contributed by atoms with van der Waals surface area (Å²) < 4.78 is 13.2. The zero-order valence-corrected chi connectivity index (χ0v) is 21.5. The van der Waals surface area contributed by atoms with E-state index in [0.29, 0.717) is 83.1 Å². The molecule has 12 heteroatoms. The van der Waals surface area contributed by atoms with Gasteiger partial charge in [-0.05, 0) is 82.2 Å². The van der Waals surface area contributed by atoms with E-state index in [9.17, 15) is 18.8 Å². The third-order valence-electron chi connectivity index (χ3n) is 5.63. The van der Waals surface area contributed by atoms with Crippen LogP contribution in [0.1, 0.15) is 56.9 Å². The Labute approximate surface area is 218 Å². The fourth-order valence-electron chi connectivity index (χ4n) is 3.61. The molecule has 1 aromatic rings. The number of amides is 3. The summed E-state index contributed by atoms with van der Waals surface area (Å²) in [5, 5.41) is 8.40. The Kier molecular flexibility index (Phi) is 16.3. The highest BCUT2D eigenvalue weighted by Gasteiger charge is 2.26. The molecule has 0 heterocycles.